The van der Waals surface area contributed by atoms with E-state index in [9.17, 15) is 4.79 Å². The number of thiophene rings is 1. The molecular weight excluding hydrogens is 346 g/mol. The molecule has 0 aromatic carbocycles. The van der Waals surface area contributed by atoms with Crippen LogP contribution >= 0.6 is 11.3 Å². The molecule has 1 amide bonds. The zero-order valence-corrected chi connectivity index (χ0v) is 16.0. The summed E-state index contributed by atoms with van der Waals surface area (Å²) in [6.45, 7) is 0.948. The highest BCUT2D eigenvalue weighted by Gasteiger charge is 2.34. The Kier molecular flexibility index (Phi) is 5.68. The lowest BCUT2D eigenvalue weighted by Crippen LogP contribution is -2.40. The molecule has 2 fully saturated rings. The zero-order chi connectivity index (χ0) is 17.8. The Morgan fingerprint density at radius 2 is 2.12 bits per heavy atom. The molecule has 0 bridgehead atoms. The molecule has 1 saturated carbocycles. The maximum absolute atomic E-state index is 12.7. The molecule has 140 valence electrons. The van der Waals surface area contributed by atoms with E-state index in [1.807, 2.05) is 17.5 Å². The van der Waals surface area contributed by atoms with Crippen molar-refractivity contribution in [1.29, 1.82) is 0 Å². The summed E-state index contributed by atoms with van der Waals surface area (Å²) in [6.07, 6.45) is 11.1. The van der Waals surface area contributed by atoms with Crippen LogP contribution in [0.2, 0.25) is 0 Å². The third-order valence-corrected chi connectivity index (χ3v) is 6.67. The average Bonchev–Trinajstić information content (AvgIpc) is 3.42. The minimum absolute atomic E-state index is 0.316. The van der Waals surface area contributed by atoms with Crippen molar-refractivity contribution in [3.05, 3.63) is 23.4 Å². The lowest BCUT2D eigenvalue weighted by atomic mass is 9.83. The Labute approximate surface area is 158 Å². The van der Waals surface area contributed by atoms with Gasteiger partial charge in [-0.1, -0.05) is 30.5 Å². The van der Waals surface area contributed by atoms with Crippen LogP contribution in [0, 0.1) is 5.92 Å². The van der Waals surface area contributed by atoms with E-state index >= 15 is 0 Å². The van der Waals surface area contributed by atoms with E-state index in [0.29, 0.717) is 36.5 Å². The minimum Gasteiger partial charge on any atom is -0.339 e. The van der Waals surface area contributed by atoms with E-state index < -0.39 is 0 Å². The first-order valence-corrected chi connectivity index (χ1v) is 10.8. The van der Waals surface area contributed by atoms with Crippen LogP contribution in [0.15, 0.2) is 22.0 Å². The van der Waals surface area contributed by atoms with Crippen LogP contribution in [0.3, 0.4) is 0 Å². The summed E-state index contributed by atoms with van der Waals surface area (Å²) < 4.78 is 5.33. The monoisotopic (exact) mass is 373 g/mol. The van der Waals surface area contributed by atoms with Gasteiger partial charge in [0, 0.05) is 25.4 Å². The Balaban J connectivity index is 1.27. The van der Waals surface area contributed by atoms with Crippen molar-refractivity contribution in [2.45, 2.75) is 70.3 Å². The lowest BCUT2D eigenvalue weighted by Gasteiger charge is -2.34. The van der Waals surface area contributed by atoms with Crippen molar-refractivity contribution < 1.29 is 9.32 Å². The number of carbonyl (C=O) groups is 1. The molecule has 2 aromatic heterocycles. The van der Waals surface area contributed by atoms with Crippen molar-refractivity contribution in [2.24, 2.45) is 5.92 Å². The summed E-state index contributed by atoms with van der Waals surface area (Å²) in [5.41, 5.74) is 0. The SMILES string of the molecule is O=C(CCCc1nc(-c2cccs2)no1)N1CCC[C@@H]1C1CCCCC1. The van der Waals surface area contributed by atoms with Crippen LogP contribution in [0.25, 0.3) is 10.7 Å². The van der Waals surface area contributed by atoms with Gasteiger partial charge in [-0.15, -0.1) is 11.3 Å². The molecular formula is C20H27N3O2S. The van der Waals surface area contributed by atoms with Gasteiger partial charge in [-0.3, -0.25) is 4.79 Å². The number of hydrogen-bond acceptors (Lipinski definition) is 5. The van der Waals surface area contributed by atoms with Crippen LogP contribution in [-0.2, 0) is 11.2 Å². The number of likely N-dealkylation sites (tertiary alicyclic amines) is 1. The first-order chi connectivity index (χ1) is 12.8. The molecule has 0 N–H and O–H groups in total. The minimum atomic E-state index is 0.316. The highest BCUT2D eigenvalue weighted by atomic mass is 32.1. The van der Waals surface area contributed by atoms with Crippen LogP contribution in [0.4, 0.5) is 0 Å². The maximum Gasteiger partial charge on any atom is 0.226 e. The summed E-state index contributed by atoms with van der Waals surface area (Å²) in [5, 5.41) is 6.04. The number of aryl methyl sites for hydroxylation is 1. The molecule has 1 atom stereocenters. The number of hydrogen-bond donors (Lipinski definition) is 0. The highest BCUT2D eigenvalue weighted by molar-refractivity contribution is 7.13. The van der Waals surface area contributed by atoms with Gasteiger partial charge in [0.05, 0.1) is 4.88 Å². The van der Waals surface area contributed by atoms with Gasteiger partial charge in [-0.05, 0) is 49.5 Å². The maximum atomic E-state index is 12.7. The second kappa shape index (κ2) is 8.33. The van der Waals surface area contributed by atoms with Gasteiger partial charge >= 0.3 is 0 Å². The second-order valence-electron chi connectivity index (χ2n) is 7.54. The fourth-order valence-corrected chi connectivity index (χ4v) is 5.16. The smallest absolute Gasteiger partial charge is 0.226 e. The summed E-state index contributed by atoms with van der Waals surface area (Å²) in [7, 11) is 0. The zero-order valence-electron chi connectivity index (χ0n) is 15.2. The summed E-state index contributed by atoms with van der Waals surface area (Å²) in [4.78, 5) is 20.4. The van der Waals surface area contributed by atoms with Gasteiger partial charge in [0.25, 0.3) is 0 Å². The summed E-state index contributed by atoms with van der Waals surface area (Å²) >= 11 is 1.60. The lowest BCUT2D eigenvalue weighted by molar-refractivity contribution is -0.133. The molecule has 2 aromatic rings. The second-order valence-corrected chi connectivity index (χ2v) is 8.49. The van der Waals surface area contributed by atoms with E-state index in [-0.39, 0.29) is 0 Å². The summed E-state index contributed by atoms with van der Waals surface area (Å²) in [5.74, 6) is 2.33. The first kappa shape index (κ1) is 17.7. The van der Waals surface area contributed by atoms with Gasteiger partial charge in [0.15, 0.2) is 0 Å². The third-order valence-electron chi connectivity index (χ3n) is 5.80. The van der Waals surface area contributed by atoms with Crippen LogP contribution in [-0.4, -0.2) is 33.5 Å². The van der Waals surface area contributed by atoms with Gasteiger partial charge in [-0.25, -0.2) is 0 Å². The van der Waals surface area contributed by atoms with Crippen molar-refractivity contribution in [3.8, 4) is 10.7 Å². The van der Waals surface area contributed by atoms with Crippen LogP contribution in [0.1, 0.15) is 63.7 Å². The van der Waals surface area contributed by atoms with E-state index in [1.54, 1.807) is 11.3 Å². The van der Waals surface area contributed by atoms with Crippen molar-refractivity contribution >= 4 is 17.2 Å². The van der Waals surface area contributed by atoms with E-state index in [1.165, 1.54) is 44.9 Å². The number of carbonyl (C=O) groups excluding carboxylic acids is 1. The largest absolute Gasteiger partial charge is 0.339 e. The quantitative estimate of drug-likeness (QED) is 0.737. The van der Waals surface area contributed by atoms with Crippen molar-refractivity contribution in [1.82, 2.24) is 15.0 Å². The van der Waals surface area contributed by atoms with Crippen molar-refractivity contribution in [3.63, 3.8) is 0 Å². The third kappa shape index (κ3) is 4.00. The van der Waals surface area contributed by atoms with Gasteiger partial charge < -0.3 is 9.42 Å². The molecule has 0 unspecified atom stereocenters. The van der Waals surface area contributed by atoms with Gasteiger partial charge in [0.2, 0.25) is 17.6 Å². The molecule has 4 rings (SSSR count). The Morgan fingerprint density at radius 3 is 2.92 bits per heavy atom. The highest BCUT2D eigenvalue weighted by Crippen LogP contribution is 2.34. The molecule has 3 heterocycles. The molecule has 5 nitrogen and oxygen atoms in total. The normalized spacial score (nSPS) is 21.4. The first-order valence-electron chi connectivity index (χ1n) is 9.97. The number of amides is 1. The molecule has 1 saturated heterocycles. The predicted molar refractivity (Wildman–Crippen MR) is 102 cm³/mol. The van der Waals surface area contributed by atoms with E-state index in [2.05, 4.69) is 15.0 Å². The predicted octanol–water partition coefficient (Wildman–Crippen LogP) is 4.69. The van der Waals surface area contributed by atoms with Crippen LogP contribution in [0.5, 0.6) is 0 Å². The van der Waals surface area contributed by atoms with E-state index in [0.717, 1.165) is 23.8 Å². The van der Waals surface area contributed by atoms with Crippen LogP contribution < -0.4 is 0 Å². The fourth-order valence-electron chi connectivity index (χ4n) is 4.51. The Hall–Kier alpha value is -1.69. The molecule has 26 heavy (non-hydrogen) atoms. The van der Waals surface area contributed by atoms with Crippen molar-refractivity contribution in [2.75, 3.05) is 6.54 Å². The standard InChI is InChI=1S/C20H27N3O2S/c24-19(23-13-5-9-16(23)15-7-2-1-3-8-15)12-4-11-18-21-20(22-25-18)17-10-6-14-26-17/h6,10,14-16H,1-5,7-9,11-13H2/t16-/m1/s1. The van der Waals surface area contributed by atoms with Gasteiger partial charge in [0.1, 0.15) is 0 Å². The Morgan fingerprint density at radius 1 is 1.23 bits per heavy atom. The Bertz CT molecular complexity index is 706. The number of nitrogens with zero attached hydrogens (tertiary/aromatic N) is 3. The molecule has 6 heteroatoms. The van der Waals surface area contributed by atoms with Gasteiger partial charge in [-0.2, -0.15) is 4.98 Å². The molecule has 0 spiro atoms. The topological polar surface area (TPSA) is 59.2 Å². The number of rotatable bonds is 6. The average molecular weight is 374 g/mol. The number of aromatic nitrogens is 2. The molecule has 0 radical (unpaired) electrons. The molecule has 1 aliphatic heterocycles. The molecule has 2 aliphatic rings. The molecule has 1 aliphatic carbocycles. The summed E-state index contributed by atoms with van der Waals surface area (Å²) in [6, 6.07) is 4.46. The van der Waals surface area contributed by atoms with E-state index in [4.69, 9.17) is 4.52 Å². The fraction of sp³-hybridized carbons (Fsp3) is 0.650.